The van der Waals surface area contributed by atoms with Crippen LogP contribution in [0.1, 0.15) is 35.3 Å². The molecule has 26 heavy (non-hydrogen) atoms. The first-order valence-corrected chi connectivity index (χ1v) is 9.30. The number of hydrogen-bond donors (Lipinski definition) is 1. The third kappa shape index (κ3) is 4.51. The van der Waals surface area contributed by atoms with Crippen LogP contribution in [0, 0.1) is 0 Å². The molecule has 1 aliphatic rings. The van der Waals surface area contributed by atoms with E-state index in [1.165, 1.54) is 12.8 Å². The van der Waals surface area contributed by atoms with E-state index in [9.17, 15) is 4.79 Å². The van der Waals surface area contributed by atoms with Crippen LogP contribution < -0.4 is 5.32 Å². The standard InChI is InChI=1S/C20H29N5O/c1-23(2)13-16-14-25(15-22-16)19-9-5-4-8-18(19)20(26)21-11-10-17-7-6-12-24(17)3/h4-5,8-9,14-15,17H,6-7,10-13H2,1-3H3,(H,21,26)/t17-/m1/s1. The van der Waals surface area contributed by atoms with E-state index in [-0.39, 0.29) is 5.91 Å². The molecule has 3 rings (SSSR count). The van der Waals surface area contributed by atoms with Crippen molar-refractivity contribution in [1.29, 1.82) is 0 Å². The monoisotopic (exact) mass is 355 g/mol. The van der Waals surface area contributed by atoms with Crippen LogP contribution in [0.5, 0.6) is 0 Å². The molecule has 0 bridgehead atoms. The van der Waals surface area contributed by atoms with Gasteiger partial charge in [0.05, 0.1) is 23.3 Å². The lowest BCUT2D eigenvalue weighted by Crippen LogP contribution is -2.32. The molecule has 1 aromatic carbocycles. The van der Waals surface area contributed by atoms with E-state index >= 15 is 0 Å². The maximum Gasteiger partial charge on any atom is 0.253 e. The third-order valence-corrected chi connectivity index (χ3v) is 4.98. The maximum atomic E-state index is 12.7. The second kappa shape index (κ2) is 8.47. The molecule has 1 N–H and O–H groups in total. The van der Waals surface area contributed by atoms with Crippen molar-refractivity contribution >= 4 is 5.91 Å². The van der Waals surface area contributed by atoms with Crippen molar-refractivity contribution in [3.8, 4) is 5.69 Å². The van der Waals surface area contributed by atoms with E-state index < -0.39 is 0 Å². The number of nitrogens with zero attached hydrogens (tertiary/aromatic N) is 4. The molecule has 0 saturated carbocycles. The molecule has 0 radical (unpaired) electrons. The Labute approximate surface area is 155 Å². The second-order valence-electron chi connectivity index (χ2n) is 7.35. The average molecular weight is 355 g/mol. The van der Waals surface area contributed by atoms with Gasteiger partial charge in [-0.15, -0.1) is 0 Å². The molecule has 2 heterocycles. The lowest BCUT2D eigenvalue weighted by molar-refractivity contribution is 0.0950. The van der Waals surface area contributed by atoms with Gasteiger partial charge in [0.2, 0.25) is 0 Å². The molecule has 1 amide bonds. The van der Waals surface area contributed by atoms with Crippen molar-refractivity contribution in [2.75, 3.05) is 34.2 Å². The van der Waals surface area contributed by atoms with Gasteiger partial charge < -0.3 is 19.7 Å². The lowest BCUT2D eigenvalue weighted by Gasteiger charge is -2.19. The SMILES string of the molecule is CN(C)Cc1cn(-c2ccccc2C(=O)NCC[C@H]2CCCN2C)cn1. The molecule has 140 valence electrons. The number of hydrogen-bond acceptors (Lipinski definition) is 4. The number of carbonyl (C=O) groups is 1. The largest absolute Gasteiger partial charge is 0.352 e. The lowest BCUT2D eigenvalue weighted by atomic mass is 10.1. The third-order valence-electron chi connectivity index (χ3n) is 4.98. The van der Waals surface area contributed by atoms with Crippen molar-refractivity contribution in [3.05, 3.63) is 48.0 Å². The Morgan fingerprint density at radius 1 is 1.35 bits per heavy atom. The summed E-state index contributed by atoms with van der Waals surface area (Å²) in [6.45, 7) is 2.64. The fourth-order valence-electron chi connectivity index (χ4n) is 3.58. The molecule has 6 heteroatoms. The van der Waals surface area contributed by atoms with Crippen molar-refractivity contribution in [2.24, 2.45) is 0 Å². The highest BCUT2D eigenvalue weighted by atomic mass is 16.1. The minimum atomic E-state index is -0.0240. The van der Waals surface area contributed by atoms with Crippen LogP contribution in [0.2, 0.25) is 0 Å². The number of carbonyl (C=O) groups excluding carboxylic acids is 1. The van der Waals surface area contributed by atoms with Crippen LogP contribution in [0.15, 0.2) is 36.8 Å². The molecule has 0 aliphatic carbocycles. The van der Waals surface area contributed by atoms with Gasteiger partial charge in [-0.1, -0.05) is 12.1 Å². The molecular weight excluding hydrogens is 326 g/mol. The summed E-state index contributed by atoms with van der Waals surface area (Å²) in [7, 11) is 6.20. The molecule has 6 nitrogen and oxygen atoms in total. The quantitative estimate of drug-likeness (QED) is 0.827. The zero-order valence-electron chi connectivity index (χ0n) is 16.0. The van der Waals surface area contributed by atoms with Gasteiger partial charge in [-0.3, -0.25) is 4.79 Å². The fourth-order valence-corrected chi connectivity index (χ4v) is 3.58. The Hall–Kier alpha value is -2.18. The number of amides is 1. The molecule has 0 spiro atoms. The molecule has 0 unspecified atom stereocenters. The fraction of sp³-hybridized carbons (Fsp3) is 0.500. The highest BCUT2D eigenvalue weighted by molar-refractivity contribution is 5.97. The van der Waals surface area contributed by atoms with Gasteiger partial charge in [-0.05, 0) is 59.1 Å². The smallest absolute Gasteiger partial charge is 0.253 e. The van der Waals surface area contributed by atoms with E-state index in [2.05, 4.69) is 27.1 Å². The van der Waals surface area contributed by atoms with Gasteiger partial charge in [0.25, 0.3) is 5.91 Å². The summed E-state index contributed by atoms with van der Waals surface area (Å²) in [5.74, 6) is -0.0240. The summed E-state index contributed by atoms with van der Waals surface area (Å²) in [6.07, 6.45) is 7.25. The molecule has 1 aromatic heterocycles. The molecule has 1 saturated heterocycles. The highest BCUT2D eigenvalue weighted by Crippen LogP contribution is 2.18. The summed E-state index contributed by atoms with van der Waals surface area (Å²) in [4.78, 5) is 21.6. The Morgan fingerprint density at radius 2 is 2.15 bits per heavy atom. The zero-order valence-corrected chi connectivity index (χ0v) is 16.0. The van der Waals surface area contributed by atoms with Crippen LogP contribution in [-0.4, -0.2) is 65.5 Å². The first kappa shape index (κ1) is 18.6. The van der Waals surface area contributed by atoms with Gasteiger partial charge in [-0.2, -0.15) is 0 Å². The van der Waals surface area contributed by atoms with E-state index in [0.717, 1.165) is 30.9 Å². The number of imidazole rings is 1. The predicted molar refractivity (Wildman–Crippen MR) is 104 cm³/mol. The molecule has 1 aliphatic heterocycles. The van der Waals surface area contributed by atoms with Crippen molar-refractivity contribution in [1.82, 2.24) is 24.7 Å². The van der Waals surface area contributed by atoms with Crippen LogP contribution >= 0.6 is 0 Å². The normalized spacial score (nSPS) is 17.8. The summed E-state index contributed by atoms with van der Waals surface area (Å²) < 4.78 is 1.93. The maximum absolute atomic E-state index is 12.7. The number of para-hydroxylation sites is 1. The molecule has 2 aromatic rings. The van der Waals surface area contributed by atoms with Crippen molar-refractivity contribution in [2.45, 2.75) is 31.8 Å². The zero-order chi connectivity index (χ0) is 18.5. The van der Waals surface area contributed by atoms with Crippen molar-refractivity contribution in [3.63, 3.8) is 0 Å². The van der Waals surface area contributed by atoms with Gasteiger partial charge in [0, 0.05) is 25.3 Å². The summed E-state index contributed by atoms with van der Waals surface area (Å²) in [5.41, 5.74) is 2.52. The van der Waals surface area contributed by atoms with E-state index in [0.29, 0.717) is 18.2 Å². The van der Waals surface area contributed by atoms with Crippen LogP contribution in [0.3, 0.4) is 0 Å². The topological polar surface area (TPSA) is 53.4 Å². The van der Waals surface area contributed by atoms with Gasteiger partial charge >= 0.3 is 0 Å². The first-order valence-electron chi connectivity index (χ1n) is 9.30. The Morgan fingerprint density at radius 3 is 2.88 bits per heavy atom. The van der Waals surface area contributed by atoms with Crippen LogP contribution in [0.4, 0.5) is 0 Å². The predicted octanol–water partition coefficient (Wildman–Crippen LogP) is 2.15. The number of likely N-dealkylation sites (tertiary alicyclic amines) is 1. The highest BCUT2D eigenvalue weighted by Gasteiger charge is 2.20. The summed E-state index contributed by atoms with van der Waals surface area (Å²) >= 11 is 0. The molecule has 1 atom stereocenters. The van der Waals surface area contributed by atoms with Gasteiger partial charge in [0.15, 0.2) is 0 Å². The summed E-state index contributed by atoms with van der Waals surface area (Å²) in [5, 5.41) is 3.09. The Bertz CT molecular complexity index is 739. The van der Waals surface area contributed by atoms with Gasteiger partial charge in [0.1, 0.15) is 0 Å². The Kier molecular flexibility index (Phi) is 6.06. The number of benzene rings is 1. The number of rotatable bonds is 7. The second-order valence-corrected chi connectivity index (χ2v) is 7.35. The minimum absolute atomic E-state index is 0.0240. The molecule has 1 fully saturated rings. The average Bonchev–Trinajstić information content (AvgIpc) is 3.23. The van der Waals surface area contributed by atoms with E-state index in [1.54, 1.807) is 6.33 Å². The van der Waals surface area contributed by atoms with E-state index in [4.69, 9.17) is 0 Å². The van der Waals surface area contributed by atoms with E-state index in [1.807, 2.05) is 49.1 Å². The Balaban J connectivity index is 1.66. The molecular formula is C20H29N5O. The summed E-state index contributed by atoms with van der Waals surface area (Å²) in [6, 6.07) is 8.28. The number of nitrogens with one attached hydrogen (secondary N) is 1. The van der Waals surface area contributed by atoms with Gasteiger partial charge in [-0.25, -0.2) is 4.98 Å². The van der Waals surface area contributed by atoms with Crippen LogP contribution in [0.25, 0.3) is 5.69 Å². The first-order chi connectivity index (χ1) is 12.5. The van der Waals surface area contributed by atoms with Crippen LogP contribution in [-0.2, 0) is 6.54 Å². The minimum Gasteiger partial charge on any atom is -0.352 e. The number of aromatic nitrogens is 2. The van der Waals surface area contributed by atoms with Crippen molar-refractivity contribution < 1.29 is 4.79 Å².